The first kappa shape index (κ1) is 10.9. The molecule has 1 heterocycles. The van der Waals surface area contributed by atoms with E-state index < -0.39 is 4.92 Å². The first-order valence-corrected chi connectivity index (χ1v) is 4.88. The summed E-state index contributed by atoms with van der Waals surface area (Å²) < 4.78 is 0. The lowest BCUT2D eigenvalue weighted by Crippen LogP contribution is -1.95. The van der Waals surface area contributed by atoms with E-state index in [-0.39, 0.29) is 5.82 Å². The first-order valence-electron chi connectivity index (χ1n) is 4.88. The van der Waals surface area contributed by atoms with Crippen molar-refractivity contribution < 1.29 is 4.92 Å². The van der Waals surface area contributed by atoms with Crippen LogP contribution in [-0.4, -0.2) is 9.91 Å². The largest absolute Gasteiger partial charge is 0.399 e. The molecule has 0 aliphatic heterocycles. The Bertz CT molecular complexity index is 522. The maximum absolute atomic E-state index is 10.4. The molecule has 6 nitrogen and oxygen atoms in total. The third-order valence-electron chi connectivity index (χ3n) is 2.13. The molecule has 2 aromatic rings. The van der Waals surface area contributed by atoms with Gasteiger partial charge >= 0.3 is 5.82 Å². The number of aromatic nitrogens is 1. The summed E-state index contributed by atoms with van der Waals surface area (Å²) in [6, 6.07) is 10.1. The van der Waals surface area contributed by atoms with Gasteiger partial charge in [-0.2, -0.15) is 0 Å². The molecular weight excluding hydrogens is 220 g/mol. The van der Waals surface area contributed by atoms with Crippen LogP contribution in [-0.2, 0) is 0 Å². The van der Waals surface area contributed by atoms with E-state index in [1.165, 1.54) is 12.3 Å². The van der Waals surface area contributed by atoms with Gasteiger partial charge in [0.2, 0.25) is 0 Å². The number of pyridine rings is 1. The summed E-state index contributed by atoms with van der Waals surface area (Å²) in [7, 11) is 0. The van der Waals surface area contributed by atoms with Crippen LogP contribution in [0, 0.1) is 10.1 Å². The van der Waals surface area contributed by atoms with Gasteiger partial charge in [0.15, 0.2) is 6.20 Å². The van der Waals surface area contributed by atoms with Crippen molar-refractivity contribution >= 4 is 22.9 Å². The van der Waals surface area contributed by atoms with Crippen LogP contribution in [0.25, 0.3) is 0 Å². The van der Waals surface area contributed by atoms with E-state index in [0.29, 0.717) is 11.4 Å². The number of rotatable bonds is 3. The summed E-state index contributed by atoms with van der Waals surface area (Å²) in [4.78, 5) is 13.6. The molecule has 6 heteroatoms. The van der Waals surface area contributed by atoms with Crippen LogP contribution in [0.3, 0.4) is 0 Å². The van der Waals surface area contributed by atoms with Gasteiger partial charge in [-0.15, -0.1) is 0 Å². The van der Waals surface area contributed by atoms with E-state index in [4.69, 9.17) is 5.73 Å². The molecule has 17 heavy (non-hydrogen) atoms. The van der Waals surface area contributed by atoms with E-state index in [9.17, 15) is 10.1 Å². The fourth-order valence-corrected chi connectivity index (χ4v) is 1.30. The fourth-order valence-electron chi connectivity index (χ4n) is 1.30. The van der Waals surface area contributed by atoms with Gasteiger partial charge in [-0.05, 0) is 40.2 Å². The molecule has 0 atom stereocenters. The van der Waals surface area contributed by atoms with Crippen molar-refractivity contribution in [1.82, 2.24) is 4.98 Å². The molecule has 0 aliphatic rings. The van der Waals surface area contributed by atoms with Crippen molar-refractivity contribution in [3.63, 3.8) is 0 Å². The Labute approximate surface area is 97.3 Å². The number of nitro groups is 1. The van der Waals surface area contributed by atoms with E-state index in [1.807, 2.05) is 12.1 Å². The molecule has 1 aromatic heterocycles. The Morgan fingerprint density at radius 3 is 2.29 bits per heavy atom. The molecule has 0 amide bonds. The van der Waals surface area contributed by atoms with Crippen molar-refractivity contribution in [3.8, 4) is 0 Å². The number of hydrogen-bond acceptors (Lipinski definition) is 5. The smallest absolute Gasteiger partial charge is 0.363 e. The second-order valence-corrected chi connectivity index (χ2v) is 3.41. The normalized spacial score (nSPS) is 9.88. The first-order chi connectivity index (χ1) is 8.15. The molecule has 0 unspecified atom stereocenters. The maximum atomic E-state index is 10.4. The summed E-state index contributed by atoms with van der Waals surface area (Å²) in [5.74, 6) is -0.173. The quantitative estimate of drug-likeness (QED) is 0.479. The van der Waals surface area contributed by atoms with Gasteiger partial charge in [-0.1, -0.05) is 0 Å². The number of nitrogens with zero attached hydrogens (tertiary/aromatic N) is 2. The molecule has 2 rings (SSSR count). The molecule has 0 saturated carbocycles. The molecule has 0 fully saturated rings. The minimum absolute atomic E-state index is 0.173. The van der Waals surface area contributed by atoms with Gasteiger partial charge in [-0.25, -0.2) is 0 Å². The molecule has 0 saturated heterocycles. The van der Waals surface area contributed by atoms with Crippen molar-refractivity contribution in [3.05, 3.63) is 52.7 Å². The van der Waals surface area contributed by atoms with Gasteiger partial charge in [0, 0.05) is 17.4 Å². The number of hydrogen-bond donors (Lipinski definition) is 2. The number of anilines is 3. The summed E-state index contributed by atoms with van der Waals surface area (Å²) in [6.07, 6.45) is 1.41. The Morgan fingerprint density at radius 1 is 1.12 bits per heavy atom. The van der Waals surface area contributed by atoms with Gasteiger partial charge < -0.3 is 21.2 Å². The van der Waals surface area contributed by atoms with Crippen LogP contribution in [0.2, 0.25) is 0 Å². The van der Waals surface area contributed by atoms with E-state index >= 15 is 0 Å². The van der Waals surface area contributed by atoms with Crippen LogP contribution in [0.5, 0.6) is 0 Å². The van der Waals surface area contributed by atoms with Crippen molar-refractivity contribution in [2.24, 2.45) is 0 Å². The molecule has 0 radical (unpaired) electrons. The fraction of sp³-hybridized carbons (Fsp3) is 0. The highest BCUT2D eigenvalue weighted by atomic mass is 16.6. The Kier molecular flexibility index (Phi) is 2.87. The monoisotopic (exact) mass is 230 g/mol. The number of nitrogens with two attached hydrogens (primary N) is 1. The van der Waals surface area contributed by atoms with E-state index in [2.05, 4.69) is 10.3 Å². The molecule has 1 aromatic carbocycles. The van der Waals surface area contributed by atoms with Crippen LogP contribution >= 0.6 is 0 Å². The number of nitrogens with one attached hydrogen (secondary N) is 1. The second-order valence-electron chi connectivity index (χ2n) is 3.41. The Balaban J connectivity index is 2.13. The lowest BCUT2D eigenvalue weighted by molar-refractivity contribution is -0.389. The van der Waals surface area contributed by atoms with Crippen LogP contribution in [0.4, 0.5) is 22.9 Å². The maximum Gasteiger partial charge on any atom is 0.363 e. The third kappa shape index (κ3) is 2.69. The third-order valence-corrected chi connectivity index (χ3v) is 2.13. The Hall–Kier alpha value is -2.63. The van der Waals surface area contributed by atoms with Crippen molar-refractivity contribution in [2.45, 2.75) is 0 Å². The lowest BCUT2D eigenvalue weighted by Gasteiger charge is -2.04. The number of benzene rings is 1. The van der Waals surface area contributed by atoms with E-state index in [0.717, 1.165) is 5.69 Å². The van der Waals surface area contributed by atoms with Crippen molar-refractivity contribution in [1.29, 1.82) is 0 Å². The summed E-state index contributed by atoms with van der Waals surface area (Å²) in [5.41, 5.74) is 7.76. The van der Waals surface area contributed by atoms with Gasteiger partial charge in [-0.3, -0.25) is 0 Å². The number of nitrogen functional groups attached to an aromatic ring is 1. The molecule has 0 aliphatic carbocycles. The lowest BCUT2D eigenvalue weighted by atomic mass is 10.3. The van der Waals surface area contributed by atoms with Crippen LogP contribution in [0.15, 0.2) is 42.6 Å². The molecule has 0 spiro atoms. The van der Waals surface area contributed by atoms with Crippen LogP contribution in [0.1, 0.15) is 0 Å². The summed E-state index contributed by atoms with van der Waals surface area (Å²) in [5, 5.41) is 13.5. The summed E-state index contributed by atoms with van der Waals surface area (Å²) in [6.45, 7) is 0. The highest BCUT2D eigenvalue weighted by Crippen LogP contribution is 2.18. The second kappa shape index (κ2) is 4.48. The predicted octanol–water partition coefficient (Wildman–Crippen LogP) is 2.32. The van der Waals surface area contributed by atoms with Gasteiger partial charge in [0.1, 0.15) is 0 Å². The molecular formula is C11H10N4O2. The highest BCUT2D eigenvalue weighted by molar-refractivity contribution is 5.61. The van der Waals surface area contributed by atoms with Gasteiger partial charge in [0.25, 0.3) is 0 Å². The minimum Gasteiger partial charge on any atom is -0.399 e. The summed E-state index contributed by atoms with van der Waals surface area (Å²) >= 11 is 0. The Morgan fingerprint density at radius 2 is 1.76 bits per heavy atom. The average molecular weight is 230 g/mol. The predicted molar refractivity (Wildman–Crippen MR) is 65.0 cm³/mol. The highest BCUT2D eigenvalue weighted by Gasteiger charge is 2.05. The standard InChI is InChI=1S/C11H10N4O2/c12-8-1-3-9(4-2-8)14-10-5-6-11(13-7-10)15(16)17/h1-7,14H,12H2. The molecule has 3 N–H and O–H groups in total. The molecule has 86 valence electrons. The van der Waals surface area contributed by atoms with E-state index in [1.54, 1.807) is 18.2 Å². The van der Waals surface area contributed by atoms with Gasteiger partial charge in [0.05, 0.1) is 5.69 Å². The minimum atomic E-state index is -0.535. The SMILES string of the molecule is Nc1ccc(Nc2ccc([N+](=O)[O-])nc2)cc1. The zero-order valence-electron chi connectivity index (χ0n) is 8.83. The van der Waals surface area contributed by atoms with Crippen LogP contribution < -0.4 is 11.1 Å². The zero-order valence-corrected chi connectivity index (χ0v) is 8.83. The molecule has 0 bridgehead atoms. The topological polar surface area (TPSA) is 94.1 Å². The zero-order chi connectivity index (χ0) is 12.3. The average Bonchev–Trinajstić information content (AvgIpc) is 2.33. The van der Waals surface area contributed by atoms with Crippen molar-refractivity contribution in [2.75, 3.05) is 11.1 Å².